The van der Waals surface area contributed by atoms with E-state index in [-0.39, 0.29) is 0 Å². The molecule has 0 saturated heterocycles. The minimum Gasteiger partial charge on any atom is -0.496 e. The maximum Gasteiger partial charge on any atom is 0.126 e. The first kappa shape index (κ1) is 16.0. The molecule has 0 unspecified atom stereocenters. The van der Waals surface area contributed by atoms with Gasteiger partial charge in [0, 0.05) is 16.0 Å². The lowest BCUT2D eigenvalue weighted by Crippen LogP contribution is -1.98. The summed E-state index contributed by atoms with van der Waals surface area (Å²) in [5.41, 5.74) is 4.64. The van der Waals surface area contributed by atoms with Gasteiger partial charge in [0.05, 0.1) is 7.11 Å². The number of fused-ring (bicyclic) bond motifs is 1. The van der Waals surface area contributed by atoms with Gasteiger partial charge >= 0.3 is 0 Å². The van der Waals surface area contributed by atoms with Gasteiger partial charge in [0.2, 0.25) is 0 Å². The summed E-state index contributed by atoms with van der Waals surface area (Å²) < 4.78 is 5.54. The Hall–Kier alpha value is -2.51. The van der Waals surface area contributed by atoms with E-state index in [0.717, 1.165) is 33.7 Å². The molecule has 1 aliphatic carbocycles. The zero-order valence-electron chi connectivity index (χ0n) is 14.0. The fourth-order valence-electron chi connectivity index (χ4n) is 3.43. The molecule has 0 spiro atoms. The number of benzene rings is 3. The molecule has 0 fully saturated rings. The fourth-order valence-corrected chi connectivity index (χ4v) is 3.66. The van der Waals surface area contributed by atoms with Crippen molar-refractivity contribution >= 4 is 33.5 Å². The SMILES string of the molecule is COc1ccc(C2=C(c3ccccc3Cl)C=CC[CH]2)c2ccccc12. The fraction of sp³-hybridized carbons (Fsp3) is 0.0870. The number of rotatable bonds is 3. The molecule has 0 aromatic heterocycles. The summed E-state index contributed by atoms with van der Waals surface area (Å²) in [4.78, 5) is 0. The van der Waals surface area contributed by atoms with E-state index in [2.05, 4.69) is 48.9 Å². The van der Waals surface area contributed by atoms with Crippen molar-refractivity contribution in [3.05, 3.63) is 95.4 Å². The van der Waals surface area contributed by atoms with E-state index in [1.807, 2.05) is 30.3 Å². The molecule has 0 bridgehead atoms. The van der Waals surface area contributed by atoms with Gasteiger partial charge in [-0.15, -0.1) is 0 Å². The van der Waals surface area contributed by atoms with E-state index in [1.165, 1.54) is 16.5 Å². The molecule has 0 saturated carbocycles. The second-order valence-corrected chi connectivity index (χ2v) is 6.42. The topological polar surface area (TPSA) is 9.23 Å². The average Bonchev–Trinajstić information content (AvgIpc) is 2.67. The van der Waals surface area contributed by atoms with Gasteiger partial charge in [0.15, 0.2) is 0 Å². The van der Waals surface area contributed by atoms with Crippen molar-refractivity contribution in [1.82, 2.24) is 0 Å². The summed E-state index contributed by atoms with van der Waals surface area (Å²) in [5, 5.41) is 3.08. The van der Waals surface area contributed by atoms with Crippen LogP contribution in [0.2, 0.25) is 5.02 Å². The molecule has 3 aromatic carbocycles. The van der Waals surface area contributed by atoms with Crippen LogP contribution in [0.3, 0.4) is 0 Å². The third kappa shape index (κ3) is 2.85. The highest BCUT2D eigenvalue weighted by molar-refractivity contribution is 6.33. The van der Waals surface area contributed by atoms with Crippen molar-refractivity contribution in [1.29, 1.82) is 0 Å². The lowest BCUT2D eigenvalue weighted by molar-refractivity contribution is 0.420. The van der Waals surface area contributed by atoms with Gasteiger partial charge in [-0.2, -0.15) is 0 Å². The Morgan fingerprint density at radius 1 is 0.800 bits per heavy atom. The number of hydrogen-bond donors (Lipinski definition) is 0. The predicted molar refractivity (Wildman–Crippen MR) is 107 cm³/mol. The van der Waals surface area contributed by atoms with Crippen LogP contribution in [0.25, 0.3) is 21.9 Å². The van der Waals surface area contributed by atoms with Gasteiger partial charge in [0.25, 0.3) is 0 Å². The van der Waals surface area contributed by atoms with Crippen molar-refractivity contribution in [3.8, 4) is 5.75 Å². The van der Waals surface area contributed by atoms with Crippen molar-refractivity contribution in [2.75, 3.05) is 7.11 Å². The van der Waals surface area contributed by atoms with Gasteiger partial charge in [-0.05, 0) is 47.1 Å². The average molecular weight is 346 g/mol. The first-order valence-electron chi connectivity index (χ1n) is 8.34. The second-order valence-electron chi connectivity index (χ2n) is 6.01. The maximum atomic E-state index is 6.47. The Labute approximate surface area is 153 Å². The Bertz CT molecular complexity index is 998. The Kier molecular flexibility index (Phi) is 4.33. The summed E-state index contributed by atoms with van der Waals surface area (Å²) in [5.74, 6) is 0.894. The summed E-state index contributed by atoms with van der Waals surface area (Å²) >= 11 is 6.47. The second kappa shape index (κ2) is 6.78. The molecule has 4 rings (SSSR count). The van der Waals surface area contributed by atoms with Gasteiger partial charge in [0.1, 0.15) is 5.75 Å². The summed E-state index contributed by atoms with van der Waals surface area (Å²) in [6.07, 6.45) is 7.54. The van der Waals surface area contributed by atoms with Crippen molar-refractivity contribution in [2.24, 2.45) is 0 Å². The number of allylic oxidation sites excluding steroid dienone is 4. The van der Waals surface area contributed by atoms with Crippen LogP contribution < -0.4 is 4.74 Å². The molecule has 0 aliphatic heterocycles. The van der Waals surface area contributed by atoms with Crippen LogP contribution in [0.1, 0.15) is 17.5 Å². The summed E-state index contributed by atoms with van der Waals surface area (Å²) in [6.45, 7) is 0. The molecule has 1 radical (unpaired) electrons. The number of methoxy groups -OCH3 is 1. The smallest absolute Gasteiger partial charge is 0.126 e. The minimum atomic E-state index is 0.771. The molecule has 0 atom stereocenters. The first-order chi connectivity index (χ1) is 12.3. The molecule has 1 aliphatic rings. The molecule has 123 valence electrons. The van der Waals surface area contributed by atoms with Gasteiger partial charge in [-0.3, -0.25) is 0 Å². The Balaban J connectivity index is 2.01. The lowest BCUT2D eigenvalue weighted by Gasteiger charge is -2.20. The highest BCUT2D eigenvalue weighted by Gasteiger charge is 2.17. The van der Waals surface area contributed by atoms with Crippen molar-refractivity contribution in [2.45, 2.75) is 6.42 Å². The van der Waals surface area contributed by atoms with Crippen LogP contribution >= 0.6 is 11.6 Å². The Morgan fingerprint density at radius 3 is 2.36 bits per heavy atom. The van der Waals surface area contributed by atoms with E-state index >= 15 is 0 Å². The van der Waals surface area contributed by atoms with Crippen LogP contribution in [-0.2, 0) is 0 Å². The van der Waals surface area contributed by atoms with E-state index < -0.39 is 0 Å². The molecular formula is C23H18ClO. The van der Waals surface area contributed by atoms with Crippen molar-refractivity contribution < 1.29 is 4.74 Å². The molecular weight excluding hydrogens is 328 g/mol. The van der Waals surface area contributed by atoms with Crippen LogP contribution in [0.15, 0.2) is 72.8 Å². The molecule has 1 nitrogen and oxygen atoms in total. The van der Waals surface area contributed by atoms with Gasteiger partial charge < -0.3 is 4.74 Å². The first-order valence-corrected chi connectivity index (χ1v) is 8.72. The monoisotopic (exact) mass is 345 g/mol. The lowest BCUT2D eigenvalue weighted by atomic mass is 9.86. The number of hydrogen-bond acceptors (Lipinski definition) is 1. The minimum absolute atomic E-state index is 0.771. The molecule has 0 heterocycles. The quantitative estimate of drug-likeness (QED) is 0.521. The van der Waals surface area contributed by atoms with Gasteiger partial charge in [-0.25, -0.2) is 0 Å². The van der Waals surface area contributed by atoms with Crippen LogP contribution in [0.5, 0.6) is 5.75 Å². The largest absolute Gasteiger partial charge is 0.496 e. The molecule has 25 heavy (non-hydrogen) atoms. The zero-order valence-corrected chi connectivity index (χ0v) is 14.8. The highest BCUT2D eigenvalue weighted by atomic mass is 35.5. The van der Waals surface area contributed by atoms with Crippen LogP contribution in [0.4, 0.5) is 0 Å². The van der Waals surface area contributed by atoms with Crippen molar-refractivity contribution in [3.63, 3.8) is 0 Å². The van der Waals surface area contributed by atoms with E-state index in [4.69, 9.17) is 16.3 Å². The standard InChI is InChI=1S/C23H18ClO/c1-25-23-15-14-19(18-10-4-5-12-21(18)23)16-8-2-3-9-17(16)20-11-6-7-13-22(20)24/h3-15H,2H2,1H3. The molecule has 0 amide bonds. The predicted octanol–water partition coefficient (Wildman–Crippen LogP) is 6.58. The third-order valence-electron chi connectivity index (χ3n) is 4.59. The van der Waals surface area contributed by atoms with Crippen LogP contribution in [0, 0.1) is 6.42 Å². The van der Waals surface area contributed by atoms with E-state index in [0.29, 0.717) is 0 Å². The van der Waals surface area contributed by atoms with E-state index in [1.54, 1.807) is 7.11 Å². The molecule has 3 aromatic rings. The zero-order chi connectivity index (χ0) is 17.2. The summed E-state index contributed by atoms with van der Waals surface area (Å²) in [6, 6.07) is 20.6. The van der Waals surface area contributed by atoms with Gasteiger partial charge in [-0.1, -0.05) is 72.3 Å². The summed E-state index contributed by atoms with van der Waals surface area (Å²) in [7, 11) is 1.71. The maximum absolute atomic E-state index is 6.47. The molecule has 0 N–H and O–H groups in total. The number of ether oxygens (including phenoxy) is 1. The number of halogens is 1. The third-order valence-corrected chi connectivity index (χ3v) is 4.92. The van der Waals surface area contributed by atoms with Crippen LogP contribution in [-0.4, -0.2) is 7.11 Å². The Morgan fingerprint density at radius 2 is 1.56 bits per heavy atom. The highest BCUT2D eigenvalue weighted by Crippen LogP contribution is 2.40. The van der Waals surface area contributed by atoms with E-state index in [9.17, 15) is 0 Å². The normalized spacial score (nSPS) is 14.2. The molecule has 2 heteroatoms.